The summed E-state index contributed by atoms with van der Waals surface area (Å²) in [5, 5.41) is 0. The molecule has 7 heteroatoms. The molecule has 4 N–H and O–H groups in total. The molecule has 0 radical (unpaired) electrons. The van der Waals surface area contributed by atoms with Gasteiger partial charge in [0.15, 0.2) is 0 Å². The van der Waals surface area contributed by atoms with Crippen molar-refractivity contribution in [3.63, 3.8) is 0 Å². The second-order valence-corrected chi connectivity index (χ2v) is 3.76. The van der Waals surface area contributed by atoms with E-state index in [4.69, 9.17) is 0 Å². The average Bonchev–Trinajstić information content (AvgIpc) is 0.722. The van der Waals surface area contributed by atoms with Gasteiger partial charge < -0.3 is 11.0 Å². The first-order valence-electron chi connectivity index (χ1n) is 0.756. The summed E-state index contributed by atoms with van der Waals surface area (Å²) in [5.41, 5.74) is 0. The van der Waals surface area contributed by atoms with Gasteiger partial charge in [0.05, 0.1) is 0 Å². The standard InChI is InChI=1S/4FH.2H2O.Pb/h4*1H;2*1H2;/q;;;;;;+4/p-4. The molecule has 0 rings (SSSR count). The Hall–Kier alpha value is 0.562. The molecule has 0 aliphatic carbocycles. The van der Waals surface area contributed by atoms with Crippen LogP contribution in [0.3, 0.4) is 0 Å². The van der Waals surface area contributed by atoms with Gasteiger partial charge in [0.25, 0.3) is 0 Å². The minimum absolute atomic E-state index is 0. The van der Waals surface area contributed by atoms with E-state index in [2.05, 4.69) is 0 Å². The molecular formula is H4F4O2Pb. The van der Waals surface area contributed by atoms with Crippen molar-refractivity contribution in [2.75, 3.05) is 0 Å². The molecule has 0 aromatic carbocycles. The van der Waals surface area contributed by atoms with E-state index in [1.165, 1.54) is 0 Å². The van der Waals surface area contributed by atoms with Crippen LogP contribution in [0.2, 0.25) is 0 Å². The topological polar surface area (TPSA) is 63.0 Å². The van der Waals surface area contributed by atoms with E-state index in [9.17, 15) is 10.0 Å². The van der Waals surface area contributed by atoms with Crippen molar-refractivity contribution in [3.8, 4) is 0 Å². The van der Waals surface area contributed by atoms with Crippen LogP contribution in [0.5, 0.6) is 0 Å². The molecule has 0 aliphatic heterocycles. The molecule has 2 nitrogen and oxygen atoms in total. The van der Waals surface area contributed by atoms with Crippen LogP contribution in [-0.4, -0.2) is 34.6 Å². The molecule has 0 fully saturated rings. The van der Waals surface area contributed by atoms with Gasteiger partial charge in [-0.25, -0.2) is 0 Å². The van der Waals surface area contributed by atoms with Gasteiger partial charge >= 0.3 is 33.7 Å². The molecule has 0 bridgehead atoms. The third kappa shape index (κ3) is 432. The SMILES string of the molecule is O.O.[F][Pb]([F])([F])[F]. The van der Waals surface area contributed by atoms with Crippen molar-refractivity contribution in [3.05, 3.63) is 0 Å². The van der Waals surface area contributed by atoms with Gasteiger partial charge in [0.1, 0.15) is 0 Å². The van der Waals surface area contributed by atoms with Gasteiger partial charge in [-0.3, -0.25) is 0 Å². The average molecular weight is 319 g/mol. The van der Waals surface area contributed by atoms with Crippen LogP contribution in [0.1, 0.15) is 0 Å². The summed E-state index contributed by atoms with van der Waals surface area (Å²) in [6.07, 6.45) is 0. The molecule has 0 aliphatic rings. The Kier molecular flexibility index (Phi) is 10.5. The predicted molar refractivity (Wildman–Crippen MR) is 17.4 cm³/mol. The van der Waals surface area contributed by atoms with Crippen LogP contribution in [0.4, 0.5) is 10.0 Å². The molecule has 48 valence electrons. The molecule has 0 spiro atoms. The maximum absolute atomic E-state index is 9.91. The van der Waals surface area contributed by atoms with Crippen molar-refractivity contribution in [1.82, 2.24) is 0 Å². The normalized spacial score (nSPS) is 8.57. The molecule has 0 saturated carbocycles. The zero-order valence-electron chi connectivity index (χ0n) is 3.01. The monoisotopic (exact) mass is 320 g/mol. The van der Waals surface area contributed by atoms with Crippen molar-refractivity contribution in [2.45, 2.75) is 0 Å². The third-order valence-electron chi connectivity index (χ3n) is 0. The van der Waals surface area contributed by atoms with E-state index < -0.39 is 23.7 Å². The van der Waals surface area contributed by atoms with Gasteiger partial charge in [-0.1, -0.05) is 0 Å². The number of rotatable bonds is 0. The first-order chi connectivity index (χ1) is 2.00. The second-order valence-electron chi connectivity index (χ2n) is 0.429. The zero-order valence-corrected chi connectivity index (χ0v) is 6.90. The number of hydrogen-bond donors (Lipinski definition) is 0. The maximum atomic E-state index is 9.91. The summed E-state index contributed by atoms with van der Waals surface area (Å²) < 4.78 is 39.6. The quantitative estimate of drug-likeness (QED) is 0.433. The molecule has 7 heavy (non-hydrogen) atoms. The number of hydrogen-bond acceptors (Lipinski definition) is 0. The summed E-state index contributed by atoms with van der Waals surface area (Å²) in [7, 11) is 0. The van der Waals surface area contributed by atoms with Crippen molar-refractivity contribution >= 4 is 23.7 Å². The molecule has 0 heterocycles. The summed E-state index contributed by atoms with van der Waals surface area (Å²) in [6, 6.07) is 0. The van der Waals surface area contributed by atoms with Crippen LogP contribution >= 0.6 is 0 Å². The van der Waals surface area contributed by atoms with Crippen molar-refractivity contribution in [1.29, 1.82) is 0 Å². The molecular weight excluding hydrogens is 315 g/mol. The Labute approximate surface area is 45.1 Å². The zero-order chi connectivity index (χ0) is 4.50. The molecule has 0 saturated heterocycles. The van der Waals surface area contributed by atoms with Crippen LogP contribution in [-0.2, 0) is 0 Å². The molecule has 0 atom stereocenters. The fourth-order valence-corrected chi connectivity index (χ4v) is 0. The van der Waals surface area contributed by atoms with E-state index >= 15 is 0 Å². The fourth-order valence-electron chi connectivity index (χ4n) is 0. The predicted octanol–water partition coefficient (Wildman–Crippen LogP) is -0.349. The van der Waals surface area contributed by atoms with E-state index in [0.717, 1.165) is 0 Å². The van der Waals surface area contributed by atoms with Crippen LogP contribution in [0.25, 0.3) is 0 Å². The van der Waals surface area contributed by atoms with E-state index in [0.29, 0.717) is 0 Å². The molecule has 0 unspecified atom stereocenters. The van der Waals surface area contributed by atoms with Gasteiger partial charge in [0, 0.05) is 0 Å². The van der Waals surface area contributed by atoms with Crippen LogP contribution in [0.15, 0.2) is 0 Å². The van der Waals surface area contributed by atoms with Crippen LogP contribution in [0, 0.1) is 0 Å². The molecule has 0 aromatic heterocycles. The first kappa shape index (κ1) is 15.6. The van der Waals surface area contributed by atoms with Crippen LogP contribution < -0.4 is 0 Å². The van der Waals surface area contributed by atoms with Gasteiger partial charge in [-0.15, -0.1) is 0 Å². The van der Waals surface area contributed by atoms with E-state index in [-0.39, 0.29) is 11.0 Å². The summed E-state index contributed by atoms with van der Waals surface area (Å²) in [4.78, 5) is 0. The minimum atomic E-state index is -7.28. The second kappa shape index (κ2) is 4.71. The van der Waals surface area contributed by atoms with E-state index in [1.54, 1.807) is 0 Å². The Balaban J connectivity index is -0.0000000800. The number of halogens is 4. The van der Waals surface area contributed by atoms with Gasteiger partial charge in [-0.05, 0) is 0 Å². The Morgan fingerprint density at radius 1 is 0.714 bits per heavy atom. The summed E-state index contributed by atoms with van der Waals surface area (Å²) in [6.45, 7) is 0. The van der Waals surface area contributed by atoms with Crippen molar-refractivity contribution < 1.29 is 21.0 Å². The van der Waals surface area contributed by atoms with E-state index in [1.807, 2.05) is 0 Å². The van der Waals surface area contributed by atoms with Crippen molar-refractivity contribution in [2.24, 2.45) is 0 Å². The Morgan fingerprint density at radius 2 is 0.714 bits per heavy atom. The van der Waals surface area contributed by atoms with Gasteiger partial charge in [-0.2, -0.15) is 0 Å². The molecule has 0 aromatic rings. The fraction of sp³-hybridized carbons (Fsp3) is 0. The summed E-state index contributed by atoms with van der Waals surface area (Å²) >= 11 is -7.28. The molecule has 0 amide bonds. The van der Waals surface area contributed by atoms with Gasteiger partial charge in [0.2, 0.25) is 0 Å². The first-order valence-corrected chi connectivity index (χ1v) is 6.63. The third-order valence-corrected chi connectivity index (χ3v) is 0. The Bertz CT molecular complexity index is 25.2. The summed E-state index contributed by atoms with van der Waals surface area (Å²) in [5.74, 6) is 0. The Morgan fingerprint density at radius 3 is 0.714 bits per heavy atom.